The van der Waals surface area contributed by atoms with E-state index in [2.05, 4.69) is 4.99 Å². The number of benzene rings is 1. The number of carbonyl (C=O) groups is 1. The number of esters is 1. The van der Waals surface area contributed by atoms with Crippen molar-refractivity contribution in [1.82, 2.24) is 0 Å². The maximum atomic E-state index is 12.8. The van der Waals surface area contributed by atoms with Gasteiger partial charge in [0.05, 0.1) is 31.1 Å². The Morgan fingerprint density at radius 2 is 2.06 bits per heavy atom. The summed E-state index contributed by atoms with van der Waals surface area (Å²) in [5.41, 5.74) is 4.70. The van der Waals surface area contributed by atoms with Crippen LogP contribution in [-0.4, -0.2) is 74.6 Å². The quantitative estimate of drug-likeness (QED) is 0.525. The van der Waals surface area contributed by atoms with E-state index >= 15 is 0 Å². The molecule has 31 heavy (non-hydrogen) atoms. The van der Waals surface area contributed by atoms with Crippen molar-refractivity contribution in [2.45, 2.75) is 6.92 Å². The van der Waals surface area contributed by atoms with E-state index in [4.69, 9.17) is 14.2 Å². The summed E-state index contributed by atoms with van der Waals surface area (Å²) in [6, 6.07) is 7.77. The lowest BCUT2D eigenvalue weighted by atomic mass is 10.00. The second kappa shape index (κ2) is 9.32. The van der Waals surface area contributed by atoms with Crippen LogP contribution in [0.4, 0.5) is 0 Å². The van der Waals surface area contributed by atoms with Crippen LogP contribution in [-0.2, 0) is 14.3 Å². The van der Waals surface area contributed by atoms with Crippen molar-refractivity contribution in [1.29, 1.82) is 0 Å². The minimum Gasteiger partial charge on any atom is -0.488 e. The lowest BCUT2D eigenvalue weighted by molar-refractivity contribution is -1.11. The second-order valence-corrected chi connectivity index (χ2v) is 8.27. The number of ether oxygens (including phenoxy) is 3. The van der Waals surface area contributed by atoms with Crippen molar-refractivity contribution in [2.75, 3.05) is 53.1 Å². The summed E-state index contributed by atoms with van der Waals surface area (Å²) in [5, 5.41) is 14.6. The molecule has 4 rings (SSSR count). The number of carbonyl (C=O) groups excluding carboxylic acids is 1. The van der Waals surface area contributed by atoms with Crippen LogP contribution in [0.1, 0.15) is 23.6 Å². The van der Waals surface area contributed by atoms with Crippen LogP contribution in [0.3, 0.4) is 0 Å². The number of hydrogen-bond acceptors (Lipinski definition) is 7. The first kappa shape index (κ1) is 21.7. The molecule has 164 valence electrons. The summed E-state index contributed by atoms with van der Waals surface area (Å²) < 4.78 is 16.6. The van der Waals surface area contributed by atoms with Crippen LogP contribution in [0.2, 0.25) is 0 Å². The van der Waals surface area contributed by atoms with E-state index in [0.29, 0.717) is 63.1 Å². The van der Waals surface area contributed by atoms with Crippen LogP contribution in [0.25, 0.3) is 5.57 Å². The third kappa shape index (κ3) is 4.43. The molecule has 0 unspecified atom stereocenters. The fraction of sp³-hybridized carbons (Fsp3) is 0.391. The molecule has 1 fully saturated rings. The molecule has 0 amide bonds. The van der Waals surface area contributed by atoms with Gasteiger partial charge in [0, 0.05) is 18.2 Å². The Labute approximate surface area is 185 Å². The van der Waals surface area contributed by atoms with Gasteiger partial charge in [0.15, 0.2) is 0 Å². The third-order valence-electron chi connectivity index (χ3n) is 5.60. The smallest absolute Gasteiger partial charge is 0.340 e. The van der Waals surface area contributed by atoms with Crippen molar-refractivity contribution in [3.05, 3.63) is 57.3 Å². The molecule has 1 saturated heterocycles. The molecule has 0 saturated carbocycles. The Bertz CT molecular complexity index is 1010. The van der Waals surface area contributed by atoms with E-state index in [1.54, 1.807) is 25.3 Å². The molecule has 2 aliphatic rings. The first-order valence-corrected chi connectivity index (χ1v) is 11.4. The Morgan fingerprint density at radius 1 is 1.26 bits per heavy atom. The number of thiophene rings is 1. The first-order valence-electron chi connectivity index (χ1n) is 10.4. The molecule has 0 atom stereocenters. The first-order chi connectivity index (χ1) is 15.1. The Kier molecular flexibility index (Phi) is 6.52. The molecule has 1 N–H and O–H groups in total. The SMILES string of the molecule is CCOC(=O)C1=C(c2ccsc2)c2ccc(OCC[N+]3(O)CCOCC3)cc2/C1=N\C. The molecule has 0 radical (unpaired) electrons. The third-order valence-corrected chi connectivity index (χ3v) is 6.28. The molecule has 0 spiro atoms. The second-order valence-electron chi connectivity index (χ2n) is 7.49. The van der Waals surface area contributed by atoms with Crippen LogP contribution in [0.15, 0.2) is 45.6 Å². The summed E-state index contributed by atoms with van der Waals surface area (Å²) in [6.07, 6.45) is 0. The van der Waals surface area contributed by atoms with Crippen molar-refractivity contribution in [3.63, 3.8) is 0 Å². The number of rotatable bonds is 7. The fourth-order valence-electron chi connectivity index (χ4n) is 4.00. The van der Waals surface area contributed by atoms with E-state index in [1.165, 1.54) is 0 Å². The predicted octanol–water partition coefficient (Wildman–Crippen LogP) is 3.16. The minimum absolute atomic E-state index is 0.0382. The van der Waals surface area contributed by atoms with Gasteiger partial charge in [0.25, 0.3) is 0 Å². The molecule has 2 aromatic rings. The summed E-state index contributed by atoms with van der Waals surface area (Å²) in [4.78, 5) is 17.3. The number of hydrogen-bond donors (Lipinski definition) is 1. The lowest BCUT2D eigenvalue weighted by Gasteiger charge is -2.33. The van der Waals surface area contributed by atoms with Gasteiger partial charge < -0.3 is 14.2 Å². The maximum absolute atomic E-state index is 12.8. The van der Waals surface area contributed by atoms with Crippen molar-refractivity contribution >= 4 is 28.6 Å². The molecular weight excluding hydrogens is 416 g/mol. The number of hydroxylamine groups is 3. The zero-order valence-corrected chi connectivity index (χ0v) is 18.6. The average molecular weight is 444 g/mol. The molecule has 1 aliphatic carbocycles. The molecule has 1 aliphatic heterocycles. The zero-order chi connectivity index (χ0) is 21.8. The Hall–Kier alpha value is -2.52. The van der Waals surface area contributed by atoms with Gasteiger partial charge in [-0.3, -0.25) is 4.99 Å². The number of nitrogens with zero attached hydrogens (tertiary/aromatic N) is 2. The number of quaternary nitrogens is 1. The topological polar surface area (TPSA) is 77.4 Å². The standard InChI is InChI=1S/C23H27N2O5S/c1-3-29-23(26)21-20(16-6-13-31-15-16)18-5-4-17(14-19(18)22(21)24-2)30-12-9-25(27)7-10-28-11-8-25/h4-6,13-15,27H,3,7-12H2,1-2H3/q+1/b24-22+. The summed E-state index contributed by atoms with van der Waals surface area (Å²) in [5.74, 6) is 0.302. The molecule has 2 heterocycles. The average Bonchev–Trinajstić information content (AvgIpc) is 3.39. The van der Waals surface area contributed by atoms with Crippen molar-refractivity contribution < 1.29 is 28.9 Å². The highest BCUT2D eigenvalue weighted by molar-refractivity contribution is 7.08. The van der Waals surface area contributed by atoms with Gasteiger partial charge in [-0.15, -0.1) is 0 Å². The van der Waals surface area contributed by atoms with Crippen LogP contribution < -0.4 is 4.74 Å². The molecule has 0 bridgehead atoms. The van der Waals surface area contributed by atoms with E-state index in [-0.39, 0.29) is 10.6 Å². The number of aliphatic imine (C=N–C) groups is 1. The van der Waals surface area contributed by atoms with E-state index in [9.17, 15) is 10.0 Å². The molecule has 1 aromatic heterocycles. The highest BCUT2D eigenvalue weighted by atomic mass is 32.1. The highest BCUT2D eigenvalue weighted by Crippen LogP contribution is 2.40. The number of fused-ring (bicyclic) bond motifs is 1. The minimum atomic E-state index is -0.373. The van der Waals surface area contributed by atoms with Gasteiger partial charge in [-0.05, 0) is 53.1 Å². The molecule has 7 nitrogen and oxygen atoms in total. The van der Waals surface area contributed by atoms with Crippen molar-refractivity contribution in [3.8, 4) is 5.75 Å². The number of morpholine rings is 1. The molecule has 1 aromatic carbocycles. The largest absolute Gasteiger partial charge is 0.488 e. The lowest BCUT2D eigenvalue weighted by Crippen LogP contribution is -2.54. The van der Waals surface area contributed by atoms with E-state index in [1.807, 2.05) is 35.0 Å². The van der Waals surface area contributed by atoms with Crippen LogP contribution in [0.5, 0.6) is 5.75 Å². The predicted molar refractivity (Wildman–Crippen MR) is 119 cm³/mol. The normalized spacial score (nSPS) is 18.9. The zero-order valence-electron chi connectivity index (χ0n) is 17.8. The van der Waals surface area contributed by atoms with E-state index < -0.39 is 0 Å². The summed E-state index contributed by atoms with van der Waals surface area (Å²) in [6.45, 7) is 5.20. The van der Waals surface area contributed by atoms with Gasteiger partial charge in [0.1, 0.15) is 32.0 Å². The van der Waals surface area contributed by atoms with Crippen LogP contribution >= 0.6 is 11.3 Å². The van der Waals surface area contributed by atoms with Crippen molar-refractivity contribution in [2.24, 2.45) is 4.99 Å². The highest BCUT2D eigenvalue weighted by Gasteiger charge is 2.34. The van der Waals surface area contributed by atoms with Crippen LogP contribution in [0, 0.1) is 0 Å². The maximum Gasteiger partial charge on any atom is 0.340 e. The summed E-state index contributed by atoms with van der Waals surface area (Å²) in [7, 11) is 1.68. The molecule has 8 heteroatoms. The Balaban J connectivity index is 1.60. The van der Waals surface area contributed by atoms with E-state index in [0.717, 1.165) is 22.3 Å². The Morgan fingerprint density at radius 3 is 2.74 bits per heavy atom. The monoisotopic (exact) mass is 443 g/mol. The molecular formula is C23H27N2O5S+. The van der Waals surface area contributed by atoms with Gasteiger partial charge in [0.2, 0.25) is 0 Å². The van der Waals surface area contributed by atoms with Gasteiger partial charge >= 0.3 is 5.97 Å². The summed E-state index contributed by atoms with van der Waals surface area (Å²) >= 11 is 1.58. The van der Waals surface area contributed by atoms with Gasteiger partial charge in [-0.1, -0.05) is 0 Å². The van der Waals surface area contributed by atoms with Gasteiger partial charge in [-0.25, -0.2) is 10.0 Å². The van der Waals surface area contributed by atoms with Gasteiger partial charge in [-0.2, -0.15) is 16.0 Å². The fourth-order valence-corrected chi connectivity index (χ4v) is 4.64.